The Balaban J connectivity index is 2.40. The molecule has 2 N–H and O–H groups in total. The molecule has 4 nitrogen and oxygen atoms in total. The number of hydrogen-bond acceptors (Lipinski definition) is 3. The van der Waals surface area contributed by atoms with Gasteiger partial charge in [-0.25, -0.2) is 0 Å². The molecule has 0 unspecified atom stereocenters. The van der Waals surface area contributed by atoms with E-state index >= 15 is 0 Å². The summed E-state index contributed by atoms with van der Waals surface area (Å²) < 4.78 is 5.55. The van der Waals surface area contributed by atoms with E-state index in [1.54, 1.807) is 0 Å². The third-order valence-corrected chi connectivity index (χ3v) is 2.55. The van der Waals surface area contributed by atoms with Crippen LogP contribution in [0.4, 0.5) is 0 Å². The van der Waals surface area contributed by atoms with Gasteiger partial charge >= 0.3 is 0 Å². The average Bonchev–Trinajstić information content (AvgIpc) is 2.29. The Morgan fingerprint density at radius 2 is 1.89 bits per heavy atom. The molecule has 0 heterocycles. The number of ether oxygens (including phenoxy) is 1. The highest BCUT2D eigenvalue weighted by molar-refractivity contribution is 5.83. The Morgan fingerprint density at radius 1 is 1.32 bits per heavy atom. The number of carbonyl (C=O) groups excluding carboxylic acids is 1. The summed E-state index contributed by atoms with van der Waals surface area (Å²) in [6.45, 7) is 7.42. The zero-order chi connectivity index (χ0) is 14.5. The van der Waals surface area contributed by atoms with Crippen LogP contribution in [0.1, 0.15) is 33.3 Å². The van der Waals surface area contributed by atoms with E-state index in [1.807, 2.05) is 38.1 Å². The van der Waals surface area contributed by atoms with Gasteiger partial charge in [0.25, 0.3) is 5.91 Å². The van der Waals surface area contributed by atoms with Crippen LogP contribution in [0.2, 0.25) is 0 Å². The summed E-state index contributed by atoms with van der Waals surface area (Å²) in [5, 5.41) is 12.2. The van der Waals surface area contributed by atoms with Crippen LogP contribution in [0.15, 0.2) is 24.3 Å². The molecular formula is C15H23NO3. The van der Waals surface area contributed by atoms with Crippen LogP contribution in [0.5, 0.6) is 5.75 Å². The van der Waals surface area contributed by atoms with Crippen molar-refractivity contribution in [3.05, 3.63) is 29.8 Å². The van der Waals surface area contributed by atoms with Crippen molar-refractivity contribution >= 4 is 5.91 Å². The van der Waals surface area contributed by atoms with Crippen molar-refractivity contribution in [3.8, 4) is 5.75 Å². The van der Waals surface area contributed by atoms with Gasteiger partial charge in [0.05, 0.1) is 6.10 Å². The lowest BCUT2D eigenvalue weighted by atomic mass is 10.1. The van der Waals surface area contributed by atoms with Gasteiger partial charge in [0.2, 0.25) is 0 Å². The zero-order valence-electron chi connectivity index (χ0n) is 12.1. The summed E-state index contributed by atoms with van der Waals surface area (Å²) in [6.07, 6.45) is 0.890. The highest BCUT2D eigenvalue weighted by Crippen LogP contribution is 2.14. The summed E-state index contributed by atoms with van der Waals surface area (Å²) in [7, 11) is 0. The summed E-state index contributed by atoms with van der Waals surface area (Å²) >= 11 is 0. The monoisotopic (exact) mass is 265 g/mol. The molecule has 0 radical (unpaired) electrons. The van der Waals surface area contributed by atoms with Gasteiger partial charge in [-0.05, 0) is 51.8 Å². The molecule has 0 saturated heterocycles. The normalized spacial score (nSPS) is 11.5. The molecule has 0 aliphatic carbocycles. The van der Waals surface area contributed by atoms with Crippen LogP contribution in [-0.2, 0) is 11.2 Å². The van der Waals surface area contributed by atoms with E-state index in [2.05, 4.69) is 5.32 Å². The van der Waals surface area contributed by atoms with E-state index in [9.17, 15) is 9.90 Å². The van der Waals surface area contributed by atoms with E-state index in [-0.39, 0.29) is 12.0 Å². The number of hydrogen-bond donors (Lipinski definition) is 2. The van der Waals surface area contributed by atoms with Crippen LogP contribution in [0.25, 0.3) is 0 Å². The molecule has 0 aliphatic rings. The van der Waals surface area contributed by atoms with E-state index in [0.29, 0.717) is 6.54 Å². The Morgan fingerprint density at radius 3 is 2.37 bits per heavy atom. The Labute approximate surface area is 114 Å². The van der Waals surface area contributed by atoms with Gasteiger partial charge in [0, 0.05) is 6.54 Å². The second-order valence-corrected chi connectivity index (χ2v) is 5.38. The molecule has 1 amide bonds. The Kier molecular flexibility index (Phi) is 5.36. The van der Waals surface area contributed by atoms with E-state index in [4.69, 9.17) is 4.74 Å². The van der Waals surface area contributed by atoms with Gasteiger partial charge in [-0.2, -0.15) is 0 Å². The number of amides is 1. The maximum atomic E-state index is 11.4. The average molecular weight is 265 g/mol. The first kappa shape index (κ1) is 15.5. The van der Waals surface area contributed by atoms with Gasteiger partial charge in [0.1, 0.15) is 11.4 Å². The molecule has 1 aromatic rings. The highest BCUT2D eigenvalue weighted by atomic mass is 16.5. The van der Waals surface area contributed by atoms with Gasteiger partial charge in [0.15, 0.2) is 0 Å². The predicted molar refractivity (Wildman–Crippen MR) is 75.2 cm³/mol. The lowest BCUT2D eigenvalue weighted by Crippen LogP contribution is -2.42. The molecule has 19 heavy (non-hydrogen) atoms. The van der Waals surface area contributed by atoms with Gasteiger partial charge < -0.3 is 15.2 Å². The van der Waals surface area contributed by atoms with E-state index < -0.39 is 5.60 Å². The molecule has 0 atom stereocenters. The molecular weight excluding hydrogens is 242 g/mol. The largest absolute Gasteiger partial charge is 0.491 e. The van der Waals surface area contributed by atoms with Crippen molar-refractivity contribution < 1.29 is 14.6 Å². The molecule has 0 bridgehead atoms. The van der Waals surface area contributed by atoms with Gasteiger partial charge in [-0.3, -0.25) is 4.79 Å². The lowest BCUT2D eigenvalue weighted by Gasteiger charge is -2.16. The van der Waals surface area contributed by atoms with Crippen molar-refractivity contribution in [3.63, 3.8) is 0 Å². The van der Waals surface area contributed by atoms with Gasteiger partial charge in [-0.1, -0.05) is 12.1 Å². The Bertz CT molecular complexity index is 404. The molecule has 106 valence electrons. The number of carbonyl (C=O) groups is 1. The standard InChI is InChI=1S/C15H23NO3/c1-11(2)19-13-7-5-12(6-8-13)9-10-16-14(17)15(3,4)18/h5-8,11,18H,9-10H2,1-4H3,(H,16,17). The Hall–Kier alpha value is -1.55. The summed E-state index contributed by atoms with van der Waals surface area (Å²) in [4.78, 5) is 11.4. The number of rotatable bonds is 6. The minimum atomic E-state index is -1.32. The fourth-order valence-electron chi connectivity index (χ4n) is 1.54. The third-order valence-electron chi connectivity index (χ3n) is 2.55. The molecule has 1 rings (SSSR count). The maximum absolute atomic E-state index is 11.4. The first-order valence-electron chi connectivity index (χ1n) is 6.55. The minimum absolute atomic E-state index is 0.164. The molecule has 0 aliphatic heterocycles. The molecule has 1 aromatic carbocycles. The second-order valence-electron chi connectivity index (χ2n) is 5.38. The molecule has 4 heteroatoms. The topological polar surface area (TPSA) is 58.6 Å². The summed E-state index contributed by atoms with van der Waals surface area (Å²) in [5.74, 6) is 0.492. The third kappa shape index (κ3) is 5.75. The summed E-state index contributed by atoms with van der Waals surface area (Å²) in [5.41, 5.74) is -0.207. The first-order valence-corrected chi connectivity index (χ1v) is 6.55. The van der Waals surface area contributed by atoms with Crippen LogP contribution in [0.3, 0.4) is 0 Å². The first-order chi connectivity index (χ1) is 8.79. The fourth-order valence-corrected chi connectivity index (χ4v) is 1.54. The van der Waals surface area contributed by atoms with Crippen LogP contribution < -0.4 is 10.1 Å². The SMILES string of the molecule is CC(C)Oc1ccc(CCNC(=O)C(C)(C)O)cc1. The van der Waals surface area contributed by atoms with Crippen LogP contribution >= 0.6 is 0 Å². The van der Waals surface area contributed by atoms with Crippen molar-refractivity contribution in [2.75, 3.05) is 6.54 Å². The number of nitrogens with one attached hydrogen (secondary N) is 1. The molecule has 0 saturated carbocycles. The highest BCUT2D eigenvalue weighted by Gasteiger charge is 2.22. The van der Waals surface area contributed by atoms with E-state index in [0.717, 1.165) is 17.7 Å². The van der Waals surface area contributed by atoms with E-state index in [1.165, 1.54) is 13.8 Å². The lowest BCUT2D eigenvalue weighted by molar-refractivity contribution is -0.136. The molecule has 0 fully saturated rings. The smallest absolute Gasteiger partial charge is 0.251 e. The zero-order valence-corrected chi connectivity index (χ0v) is 12.1. The van der Waals surface area contributed by atoms with Crippen LogP contribution in [-0.4, -0.2) is 29.3 Å². The number of aliphatic hydroxyl groups is 1. The quantitative estimate of drug-likeness (QED) is 0.826. The minimum Gasteiger partial charge on any atom is -0.491 e. The maximum Gasteiger partial charge on any atom is 0.251 e. The van der Waals surface area contributed by atoms with Crippen molar-refractivity contribution in [2.45, 2.75) is 45.8 Å². The predicted octanol–water partition coefficient (Wildman–Crippen LogP) is 1.90. The number of benzene rings is 1. The second kappa shape index (κ2) is 6.57. The molecule has 0 aromatic heterocycles. The van der Waals surface area contributed by atoms with Crippen LogP contribution in [0, 0.1) is 0 Å². The summed E-state index contributed by atoms with van der Waals surface area (Å²) in [6, 6.07) is 7.81. The molecule has 0 spiro atoms. The van der Waals surface area contributed by atoms with Gasteiger partial charge in [-0.15, -0.1) is 0 Å². The van der Waals surface area contributed by atoms with Crippen molar-refractivity contribution in [2.24, 2.45) is 0 Å². The van der Waals surface area contributed by atoms with Crippen molar-refractivity contribution in [1.29, 1.82) is 0 Å². The van der Waals surface area contributed by atoms with Crippen molar-refractivity contribution in [1.82, 2.24) is 5.32 Å². The fraction of sp³-hybridized carbons (Fsp3) is 0.533.